The summed E-state index contributed by atoms with van der Waals surface area (Å²) in [4.78, 5) is 12.1. The average molecular weight is 339 g/mol. The Morgan fingerprint density at radius 2 is 2.13 bits per heavy atom. The van der Waals surface area contributed by atoms with Gasteiger partial charge in [-0.2, -0.15) is 0 Å². The summed E-state index contributed by atoms with van der Waals surface area (Å²) in [5.41, 5.74) is 0.118. The maximum absolute atomic E-state index is 12.1. The van der Waals surface area contributed by atoms with Gasteiger partial charge in [0.1, 0.15) is 0 Å². The molecule has 23 heavy (non-hydrogen) atoms. The molecule has 0 radical (unpaired) electrons. The monoisotopic (exact) mass is 339 g/mol. The Morgan fingerprint density at radius 3 is 2.74 bits per heavy atom. The maximum Gasteiger partial charge on any atom is 0.338 e. The number of ether oxygens (including phenoxy) is 1. The van der Waals surface area contributed by atoms with Crippen molar-refractivity contribution in [1.29, 1.82) is 0 Å². The summed E-state index contributed by atoms with van der Waals surface area (Å²) >= 11 is 0. The molecule has 0 amide bonds. The minimum atomic E-state index is -3.64. The van der Waals surface area contributed by atoms with Gasteiger partial charge in [0, 0.05) is 13.5 Å². The number of aromatic nitrogens is 2. The standard InChI is InChI=1S/C14H17N3O5S/c1-4-15-23(19,20)12-7-5-6-11(8-12)14(18)21-9(2)13-17-16-10(3)22-13/h5-9,15H,4H2,1-3H3. The highest BCUT2D eigenvalue weighted by Crippen LogP contribution is 2.18. The number of benzene rings is 1. The van der Waals surface area contributed by atoms with E-state index in [0.717, 1.165) is 0 Å². The number of carbonyl (C=O) groups excluding carboxylic acids is 1. The number of hydrogen-bond acceptors (Lipinski definition) is 7. The van der Waals surface area contributed by atoms with Crippen LogP contribution in [0.3, 0.4) is 0 Å². The van der Waals surface area contributed by atoms with Gasteiger partial charge < -0.3 is 9.15 Å². The summed E-state index contributed by atoms with van der Waals surface area (Å²) in [6.45, 7) is 5.14. The molecule has 0 aliphatic carbocycles. The summed E-state index contributed by atoms with van der Waals surface area (Å²) in [5.74, 6) is -0.143. The molecular formula is C14H17N3O5S. The Hall–Kier alpha value is -2.26. The van der Waals surface area contributed by atoms with Gasteiger partial charge in [0.2, 0.25) is 15.9 Å². The summed E-state index contributed by atoms with van der Waals surface area (Å²) in [6.07, 6.45) is -0.738. The minimum absolute atomic E-state index is 0.00455. The summed E-state index contributed by atoms with van der Waals surface area (Å²) in [5, 5.41) is 7.43. The molecule has 0 bridgehead atoms. The average Bonchev–Trinajstić information content (AvgIpc) is 2.94. The number of nitrogens with zero attached hydrogens (tertiary/aromatic N) is 2. The number of carbonyl (C=O) groups is 1. The van der Waals surface area contributed by atoms with Gasteiger partial charge in [0.15, 0.2) is 6.10 Å². The fourth-order valence-electron chi connectivity index (χ4n) is 1.82. The van der Waals surface area contributed by atoms with Gasteiger partial charge in [-0.25, -0.2) is 17.9 Å². The van der Waals surface area contributed by atoms with E-state index >= 15 is 0 Å². The topological polar surface area (TPSA) is 111 Å². The van der Waals surface area contributed by atoms with Crippen molar-refractivity contribution in [3.05, 3.63) is 41.6 Å². The highest BCUT2D eigenvalue weighted by Gasteiger charge is 2.20. The fraction of sp³-hybridized carbons (Fsp3) is 0.357. The summed E-state index contributed by atoms with van der Waals surface area (Å²) in [7, 11) is -3.64. The zero-order valence-corrected chi connectivity index (χ0v) is 13.8. The number of aryl methyl sites for hydroxylation is 1. The van der Waals surface area contributed by atoms with E-state index in [1.807, 2.05) is 0 Å². The zero-order valence-electron chi connectivity index (χ0n) is 12.9. The van der Waals surface area contributed by atoms with E-state index in [1.54, 1.807) is 20.8 Å². The van der Waals surface area contributed by atoms with Crippen molar-refractivity contribution < 1.29 is 22.4 Å². The van der Waals surface area contributed by atoms with Gasteiger partial charge >= 0.3 is 5.97 Å². The van der Waals surface area contributed by atoms with E-state index in [-0.39, 0.29) is 22.9 Å². The van der Waals surface area contributed by atoms with Crippen LogP contribution >= 0.6 is 0 Å². The number of sulfonamides is 1. The molecule has 124 valence electrons. The van der Waals surface area contributed by atoms with E-state index in [9.17, 15) is 13.2 Å². The fourth-order valence-corrected chi connectivity index (χ4v) is 2.91. The van der Waals surface area contributed by atoms with E-state index in [4.69, 9.17) is 9.15 Å². The Morgan fingerprint density at radius 1 is 1.39 bits per heavy atom. The van der Waals surface area contributed by atoms with Crippen LogP contribution in [0, 0.1) is 6.92 Å². The van der Waals surface area contributed by atoms with E-state index in [1.165, 1.54) is 24.3 Å². The molecule has 2 aromatic rings. The molecule has 1 aromatic heterocycles. The quantitative estimate of drug-likeness (QED) is 0.795. The van der Waals surface area contributed by atoms with E-state index in [2.05, 4.69) is 14.9 Å². The molecule has 1 aromatic carbocycles. The second-order valence-electron chi connectivity index (χ2n) is 4.74. The molecule has 1 atom stereocenters. The number of nitrogens with one attached hydrogen (secondary N) is 1. The van der Waals surface area contributed by atoms with Crippen molar-refractivity contribution >= 4 is 16.0 Å². The highest BCUT2D eigenvalue weighted by atomic mass is 32.2. The molecule has 1 heterocycles. The van der Waals surface area contributed by atoms with Crippen molar-refractivity contribution in [1.82, 2.24) is 14.9 Å². The van der Waals surface area contributed by atoms with Gasteiger partial charge in [-0.15, -0.1) is 10.2 Å². The number of rotatable bonds is 6. The molecule has 9 heteroatoms. The van der Waals surface area contributed by atoms with Gasteiger partial charge in [-0.3, -0.25) is 0 Å². The third-order valence-corrected chi connectivity index (χ3v) is 4.43. The predicted molar refractivity (Wildman–Crippen MR) is 80.2 cm³/mol. The van der Waals surface area contributed by atoms with Gasteiger partial charge in [0.05, 0.1) is 10.5 Å². The lowest BCUT2D eigenvalue weighted by molar-refractivity contribution is 0.0276. The normalized spacial score (nSPS) is 12.8. The van der Waals surface area contributed by atoms with Crippen LogP contribution in [-0.4, -0.2) is 31.1 Å². The molecule has 0 fully saturated rings. The van der Waals surface area contributed by atoms with Crippen LogP contribution < -0.4 is 4.72 Å². The molecule has 0 saturated carbocycles. The smallest absolute Gasteiger partial charge is 0.338 e. The van der Waals surface area contributed by atoms with E-state index < -0.39 is 22.1 Å². The first-order chi connectivity index (χ1) is 10.8. The number of esters is 1. The van der Waals surface area contributed by atoms with Crippen LogP contribution in [0.15, 0.2) is 33.6 Å². The largest absolute Gasteiger partial charge is 0.449 e. The summed E-state index contributed by atoms with van der Waals surface area (Å²) < 4.78 is 36.7. The third-order valence-electron chi connectivity index (χ3n) is 2.89. The molecule has 8 nitrogen and oxygen atoms in total. The minimum Gasteiger partial charge on any atom is -0.449 e. The maximum atomic E-state index is 12.1. The third kappa shape index (κ3) is 4.14. The zero-order chi connectivity index (χ0) is 17.0. The van der Waals surface area contributed by atoms with Crippen LogP contribution in [0.5, 0.6) is 0 Å². The molecule has 1 unspecified atom stereocenters. The Kier molecular flexibility index (Phi) is 5.12. The van der Waals surface area contributed by atoms with Crippen LogP contribution in [0.1, 0.15) is 42.1 Å². The van der Waals surface area contributed by atoms with Gasteiger partial charge in [-0.1, -0.05) is 13.0 Å². The number of hydrogen-bond donors (Lipinski definition) is 1. The van der Waals surface area contributed by atoms with Gasteiger partial charge in [-0.05, 0) is 25.1 Å². The van der Waals surface area contributed by atoms with Crippen molar-refractivity contribution in [3.8, 4) is 0 Å². The molecule has 0 saturated heterocycles. The Bertz CT molecular complexity index is 800. The molecule has 2 rings (SSSR count). The Balaban J connectivity index is 2.17. The molecule has 0 aliphatic heterocycles. The summed E-state index contributed by atoms with van der Waals surface area (Å²) in [6, 6.07) is 5.60. The predicted octanol–water partition coefficient (Wildman–Crippen LogP) is 1.59. The van der Waals surface area contributed by atoms with Crippen molar-refractivity contribution in [3.63, 3.8) is 0 Å². The molecule has 0 spiro atoms. The lowest BCUT2D eigenvalue weighted by atomic mass is 10.2. The van der Waals surface area contributed by atoms with Crippen molar-refractivity contribution in [2.75, 3.05) is 6.54 Å². The lowest BCUT2D eigenvalue weighted by Crippen LogP contribution is -2.23. The molecule has 0 aliphatic rings. The van der Waals surface area contributed by atoms with Crippen LogP contribution in [-0.2, 0) is 14.8 Å². The lowest BCUT2D eigenvalue weighted by Gasteiger charge is -2.10. The molecular weight excluding hydrogens is 322 g/mol. The first-order valence-corrected chi connectivity index (χ1v) is 8.42. The first-order valence-electron chi connectivity index (χ1n) is 6.94. The van der Waals surface area contributed by atoms with Crippen LogP contribution in [0.25, 0.3) is 0 Å². The SMILES string of the molecule is CCNS(=O)(=O)c1cccc(C(=O)OC(C)c2nnc(C)o2)c1. The van der Waals surface area contributed by atoms with Crippen LogP contribution in [0.2, 0.25) is 0 Å². The molecule has 1 N–H and O–H groups in total. The van der Waals surface area contributed by atoms with Crippen LogP contribution in [0.4, 0.5) is 0 Å². The van der Waals surface area contributed by atoms with Crippen molar-refractivity contribution in [2.24, 2.45) is 0 Å². The van der Waals surface area contributed by atoms with Crippen molar-refractivity contribution in [2.45, 2.75) is 31.8 Å². The second kappa shape index (κ2) is 6.88. The highest BCUT2D eigenvalue weighted by molar-refractivity contribution is 7.89. The Labute approximate surface area is 133 Å². The first kappa shape index (κ1) is 17.1. The van der Waals surface area contributed by atoms with E-state index in [0.29, 0.717) is 5.89 Å². The second-order valence-corrected chi connectivity index (χ2v) is 6.50. The van der Waals surface area contributed by atoms with Gasteiger partial charge in [0.25, 0.3) is 5.89 Å².